The van der Waals surface area contributed by atoms with Crippen LogP contribution in [-0.2, 0) is 0 Å². The number of nitrogens with one attached hydrogen (secondary N) is 1. The summed E-state index contributed by atoms with van der Waals surface area (Å²) in [6.07, 6.45) is 1.30. The van der Waals surface area contributed by atoms with E-state index in [-0.39, 0.29) is 11.4 Å². The highest BCUT2D eigenvalue weighted by atomic mass is 79.9. The first-order valence-corrected chi connectivity index (χ1v) is 5.01. The van der Waals surface area contributed by atoms with Gasteiger partial charge < -0.3 is 9.72 Å². The summed E-state index contributed by atoms with van der Waals surface area (Å²) in [4.78, 5) is 17.2. The molecule has 0 aliphatic rings. The van der Waals surface area contributed by atoms with Gasteiger partial charge in [-0.05, 0) is 18.2 Å². The number of nitrogens with zero attached hydrogens (tertiary/aromatic N) is 1. The molecule has 0 radical (unpaired) electrons. The number of halogens is 1. The third-order valence-electron chi connectivity index (χ3n) is 1.67. The van der Waals surface area contributed by atoms with Gasteiger partial charge in [0.25, 0.3) is 5.56 Å². The molecule has 0 bridgehead atoms. The lowest BCUT2D eigenvalue weighted by Gasteiger charge is -2.03. The van der Waals surface area contributed by atoms with E-state index in [2.05, 4.69) is 25.9 Å². The zero-order valence-corrected chi connectivity index (χ0v) is 9.19. The predicted molar refractivity (Wildman–Crippen MR) is 59.1 cm³/mol. The summed E-state index contributed by atoms with van der Waals surface area (Å²) in [7, 11) is 0. The lowest BCUT2D eigenvalue weighted by atomic mass is 10.3. The van der Waals surface area contributed by atoms with Crippen LogP contribution in [0.15, 0.2) is 45.9 Å². The third-order valence-corrected chi connectivity index (χ3v) is 2.16. The average Bonchev–Trinajstić information content (AvgIpc) is 2.17. The Morgan fingerprint density at radius 2 is 2.20 bits per heavy atom. The van der Waals surface area contributed by atoms with Crippen molar-refractivity contribution in [1.82, 2.24) is 9.97 Å². The lowest BCUT2D eigenvalue weighted by molar-refractivity contribution is 0.460. The maximum atomic E-state index is 11.0. The van der Waals surface area contributed by atoms with Gasteiger partial charge in [-0.1, -0.05) is 22.0 Å². The van der Waals surface area contributed by atoms with Crippen molar-refractivity contribution in [2.24, 2.45) is 0 Å². The molecule has 0 saturated heterocycles. The summed E-state index contributed by atoms with van der Waals surface area (Å²) in [6.45, 7) is 0. The molecular weight excluding hydrogens is 260 g/mol. The number of ether oxygens (including phenoxy) is 1. The normalized spacial score (nSPS) is 9.93. The van der Waals surface area contributed by atoms with Crippen molar-refractivity contribution >= 4 is 15.9 Å². The highest BCUT2D eigenvalue weighted by Gasteiger charge is 1.99. The molecule has 15 heavy (non-hydrogen) atoms. The first-order valence-electron chi connectivity index (χ1n) is 4.22. The van der Waals surface area contributed by atoms with Crippen molar-refractivity contribution in [3.05, 3.63) is 51.5 Å². The van der Waals surface area contributed by atoms with Crippen molar-refractivity contribution in [1.29, 1.82) is 0 Å². The second-order valence-electron chi connectivity index (χ2n) is 2.81. The predicted octanol–water partition coefficient (Wildman–Crippen LogP) is 2.32. The Bertz CT molecular complexity index is 525. The molecule has 4 nitrogen and oxygen atoms in total. The van der Waals surface area contributed by atoms with Gasteiger partial charge in [-0.15, -0.1) is 0 Å². The molecule has 2 rings (SSSR count). The minimum atomic E-state index is -0.241. The Labute approximate surface area is 94.1 Å². The van der Waals surface area contributed by atoms with Gasteiger partial charge in [-0.2, -0.15) is 0 Å². The molecule has 2 aromatic rings. The Morgan fingerprint density at radius 1 is 1.33 bits per heavy atom. The fraction of sp³-hybridized carbons (Fsp3) is 0. The zero-order chi connectivity index (χ0) is 10.7. The summed E-state index contributed by atoms with van der Waals surface area (Å²) in [5.41, 5.74) is -0.241. The fourth-order valence-electron chi connectivity index (χ4n) is 1.06. The van der Waals surface area contributed by atoms with E-state index in [0.717, 1.165) is 4.47 Å². The van der Waals surface area contributed by atoms with Crippen LogP contribution < -0.4 is 10.3 Å². The van der Waals surface area contributed by atoms with Gasteiger partial charge >= 0.3 is 0 Å². The number of aromatic nitrogens is 2. The van der Waals surface area contributed by atoms with Crippen molar-refractivity contribution < 1.29 is 4.74 Å². The lowest BCUT2D eigenvalue weighted by Crippen LogP contribution is -2.04. The van der Waals surface area contributed by atoms with Crippen molar-refractivity contribution in [3.8, 4) is 11.6 Å². The molecule has 0 saturated carbocycles. The first kappa shape index (κ1) is 9.92. The second-order valence-corrected chi connectivity index (χ2v) is 3.72. The van der Waals surface area contributed by atoms with Crippen LogP contribution >= 0.6 is 15.9 Å². The van der Waals surface area contributed by atoms with Gasteiger partial charge in [0.2, 0.25) is 5.88 Å². The molecule has 0 aliphatic heterocycles. The second kappa shape index (κ2) is 4.27. The van der Waals surface area contributed by atoms with E-state index in [1.165, 1.54) is 12.4 Å². The summed E-state index contributed by atoms with van der Waals surface area (Å²) in [5, 5.41) is 0. The highest BCUT2D eigenvalue weighted by molar-refractivity contribution is 9.10. The number of aromatic amines is 1. The molecular formula is C10H7BrN2O2. The number of rotatable bonds is 2. The van der Waals surface area contributed by atoms with Crippen LogP contribution in [0.25, 0.3) is 0 Å². The minimum absolute atomic E-state index is 0.241. The van der Waals surface area contributed by atoms with Gasteiger partial charge in [0.1, 0.15) is 5.75 Å². The molecule has 0 fully saturated rings. The van der Waals surface area contributed by atoms with Crippen molar-refractivity contribution in [3.63, 3.8) is 0 Å². The molecule has 1 aromatic carbocycles. The summed E-state index contributed by atoms with van der Waals surface area (Å²) in [5.74, 6) is 0.902. The number of hydrogen-bond donors (Lipinski definition) is 1. The highest BCUT2D eigenvalue weighted by Crippen LogP contribution is 2.21. The van der Waals surface area contributed by atoms with Crippen LogP contribution in [0.1, 0.15) is 0 Å². The molecule has 76 valence electrons. The van der Waals surface area contributed by atoms with Crippen LogP contribution in [0, 0.1) is 0 Å². The Balaban J connectivity index is 2.26. The molecule has 0 unspecified atom stereocenters. The molecule has 0 spiro atoms. The maximum absolute atomic E-state index is 11.0. The van der Waals surface area contributed by atoms with Gasteiger partial charge in [0.05, 0.1) is 12.4 Å². The largest absolute Gasteiger partial charge is 0.439 e. The topological polar surface area (TPSA) is 55.0 Å². The number of hydrogen-bond acceptors (Lipinski definition) is 3. The van der Waals surface area contributed by atoms with Crippen LogP contribution in [0.5, 0.6) is 11.6 Å². The van der Waals surface area contributed by atoms with E-state index < -0.39 is 0 Å². The SMILES string of the molecule is O=c1cc(Oc2cccc(Br)c2)nc[nH]1. The standard InChI is InChI=1S/C10H7BrN2O2/c11-7-2-1-3-8(4-7)15-10-5-9(14)12-6-13-10/h1-6H,(H,12,13,14). The Kier molecular flexibility index (Phi) is 2.82. The molecule has 0 amide bonds. The van der Waals surface area contributed by atoms with E-state index in [1.54, 1.807) is 12.1 Å². The van der Waals surface area contributed by atoms with E-state index in [4.69, 9.17) is 4.74 Å². The zero-order valence-electron chi connectivity index (χ0n) is 7.61. The Hall–Kier alpha value is -1.62. The molecule has 1 N–H and O–H groups in total. The smallest absolute Gasteiger partial charge is 0.254 e. The van der Waals surface area contributed by atoms with E-state index in [9.17, 15) is 4.79 Å². The number of H-pyrrole nitrogens is 1. The maximum Gasteiger partial charge on any atom is 0.254 e. The summed E-state index contributed by atoms with van der Waals surface area (Å²) >= 11 is 3.32. The van der Waals surface area contributed by atoms with Gasteiger partial charge in [0, 0.05) is 4.47 Å². The summed E-state index contributed by atoms with van der Waals surface area (Å²) in [6, 6.07) is 8.60. The van der Waals surface area contributed by atoms with Crippen LogP contribution in [0.4, 0.5) is 0 Å². The van der Waals surface area contributed by atoms with Gasteiger partial charge in [-0.25, -0.2) is 4.98 Å². The first-order chi connectivity index (χ1) is 7.24. The Morgan fingerprint density at radius 3 is 2.93 bits per heavy atom. The van der Waals surface area contributed by atoms with Crippen LogP contribution in [0.3, 0.4) is 0 Å². The monoisotopic (exact) mass is 266 g/mol. The van der Waals surface area contributed by atoms with E-state index >= 15 is 0 Å². The average molecular weight is 267 g/mol. The molecule has 1 heterocycles. The van der Waals surface area contributed by atoms with Gasteiger partial charge in [-0.3, -0.25) is 4.79 Å². The fourth-order valence-corrected chi connectivity index (χ4v) is 1.44. The van der Waals surface area contributed by atoms with E-state index in [1.807, 2.05) is 12.1 Å². The minimum Gasteiger partial charge on any atom is -0.439 e. The molecule has 5 heteroatoms. The van der Waals surface area contributed by atoms with Crippen LogP contribution in [0.2, 0.25) is 0 Å². The summed E-state index contributed by atoms with van der Waals surface area (Å²) < 4.78 is 6.29. The van der Waals surface area contributed by atoms with Crippen LogP contribution in [-0.4, -0.2) is 9.97 Å². The quantitative estimate of drug-likeness (QED) is 0.908. The molecule has 1 aromatic heterocycles. The molecule has 0 aliphatic carbocycles. The third kappa shape index (κ3) is 2.66. The molecule has 0 atom stereocenters. The van der Waals surface area contributed by atoms with E-state index in [0.29, 0.717) is 5.75 Å². The number of benzene rings is 1. The van der Waals surface area contributed by atoms with Crippen molar-refractivity contribution in [2.45, 2.75) is 0 Å². The van der Waals surface area contributed by atoms with Gasteiger partial charge in [0.15, 0.2) is 0 Å². The van der Waals surface area contributed by atoms with Crippen molar-refractivity contribution in [2.75, 3.05) is 0 Å².